The Balaban J connectivity index is 2.29. The molecule has 0 radical (unpaired) electrons. The maximum absolute atomic E-state index is 14.1. The zero-order chi connectivity index (χ0) is 17.0. The molecule has 0 amide bonds. The fraction of sp³-hybridized carbons (Fsp3) is 0.421. The van der Waals surface area contributed by atoms with Crippen molar-refractivity contribution < 1.29 is 9.50 Å². The molecule has 0 fully saturated rings. The van der Waals surface area contributed by atoms with E-state index in [-0.39, 0.29) is 24.4 Å². The number of halogens is 1. The van der Waals surface area contributed by atoms with E-state index in [0.29, 0.717) is 12.2 Å². The number of nitrogens with zero attached hydrogens (tertiary/aromatic N) is 1. The number of hydrogen-bond donors (Lipinski definition) is 2. The van der Waals surface area contributed by atoms with Crippen molar-refractivity contribution >= 4 is 0 Å². The number of aromatic nitrogens is 1. The number of benzene rings is 1. The van der Waals surface area contributed by atoms with E-state index in [1.807, 2.05) is 45.9 Å². The Morgan fingerprint density at radius 3 is 2.35 bits per heavy atom. The smallest absolute Gasteiger partial charge is 0.146 e. The first kappa shape index (κ1) is 17.6. The minimum atomic E-state index is -0.326. The van der Waals surface area contributed by atoms with Gasteiger partial charge in [0.2, 0.25) is 0 Å². The van der Waals surface area contributed by atoms with Gasteiger partial charge in [0.1, 0.15) is 5.82 Å². The SMILES string of the molecule is Cc1cccc(C)c1-c1ccc(F)c(CN[C@@H](CO)C(C)C)n1. The molecule has 0 bridgehead atoms. The number of aryl methyl sites for hydroxylation is 2. The topological polar surface area (TPSA) is 45.1 Å². The van der Waals surface area contributed by atoms with Crippen LogP contribution < -0.4 is 5.32 Å². The van der Waals surface area contributed by atoms with Gasteiger partial charge in [0.25, 0.3) is 0 Å². The van der Waals surface area contributed by atoms with Crippen molar-refractivity contribution in [3.8, 4) is 11.3 Å². The molecule has 0 aliphatic carbocycles. The highest BCUT2D eigenvalue weighted by molar-refractivity contribution is 5.67. The van der Waals surface area contributed by atoms with Gasteiger partial charge in [-0.15, -0.1) is 0 Å². The zero-order valence-electron chi connectivity index (χ0n) is 14.2. The molecule has 0 aliphatic heterocycles. The maximum Gasteiger partial charge on any atom is 0.146 e. The van der Waals surface area contributed by atoms with Crippen LogP contribution in [0.3, 0.4) is 0 Å². The summed E-state index contributed by atoms with van der Waals surface area (Å²) < 4.78 is 14.1. The van der Waals surface area contributed by atoms with Crippen molar-refractivity contribution in [1.82, 2.24) is 10.3 Å². The molecule has 2 rings (SSSR count). The van der Waals surface area contributed by atoms with Gasteiger partial charge in [-0.2, -0.15) is 0 Å². The van der Waals surface area contributed by atoms with Crippen molar-refractivity contribution in [3.05, 3.63) is 53.0 Å². The highest BCUT2D eigenvalue weighted by Gasteiger charge is 2.15. The molecule has 0 unspecified atom stereocenters. The standard InChI is InChI=1S/C19H25FN2O/c1-12(2)18(11-23)21-10-17-15(20)8-9-16(22-17)19-13(3)6-5-7-14(19)4/h5-9,12,18,21,23H,10-11H2,1-4H3/t18-/m0/s1. The van der Waals surface area contributed by atoms with Crippen LogP contribution in [0.2, 0.25) is 0 Å². The monoisotopic (exact) mass is 316 g/mol. The van der Waals surface area contributed by atoms with Crippen molar-refractivity contribution in [2.45, 2.75) is 40.3 Å². The summed E-state index contributed by atoms with van der Waals surface area (Å²) >= 11 is 0. The molecule has 1 aromatic carbocycles. The van der Waals surface area contributed by atoms with E-state index in [0.717, 1.165) is 22.4 Å². The Morgan fingerprint density at radius 1 is 1.13 bits per heavy atom. The lowest BCUT2D eigenvalue weighted by molar-refractivity contribution is 0.209. The first-order chi connectivity index (χ1) is 10.9. The minimum absolute atomic E-state index is 0.0237. The molecule has 0 saturated carbocycles. The fourth-order valence-corrected chi connectivity index (χ4v) is 2.70. The van der Waals surface area contributed by atoms with Gasteiger partial charge in [-0.05, 0) is 43.0 Å². The first-order valence-electron chi connectivity index (χ1n) is 8.00. The summed E-state index contributed by atoms with van der Waals surface area (Å²) in [5.74, 6) is -0.0576. The predicted molar refractivity (Wildman–Crippen MR) is 91.7 cm³/mol. The van der Waals surface area contributed by atoms with Gasteiger partial charge in [-0.25, -0.2) is 9.37 Å². The third-order valence-electron chi connectivity index (χ3n) is 4.19. The second-order valence-corrected chi connectivity index (χ2v) is 6.31. The van der Waals surface area contributed by atoms with E-state index in [1.54, 1.807) is 6.07 Å². The van der Waals surface area contributed by atoms with Crippen LogP contribution in [-0.4, -0.2) is 22.7 Å². The molecule has 23 heavy (non-hydrogen) atoms. The predicted octanol–water partition coefficient (Wildman–Crippen LogP) is 3.61. The van der Waals surface area contributed by atoms with E-state index in [2.05, 4.69) is 10.3 Å². The number of hydrogen-bond acceptors (Lipinski definition) is 3. The average Bonchev–Trinajstić information content (AvgIpc) is 2.50. The third kappa shape index (κ3) is 4.15. The molecule has 0 aliphatic rings. The van der Waals surface area contributed by atoms with Crippen LogP contribution in [0.5, 0.6) is 0 Å². The highest BCUT2D eigenvalue weighted by Crippen LogP contribution is 2.26. The highest BCUT2D eigenvalue weighted by atomic mass is 19.1. The number of rotatable bonds is 6. The van der Waals surface area contributed by atoms with Crippen molar-refractivity contribution in [2.24, 2.45) is 5.92 Å². The van der Waals surface area contributed by atoms with E-state index >= 15 is 0 Å². The van der Waals surface area contributed by atoms with Crippen LogP contribution in [0, 0.1) is 25.6 Å². The second-order valence-electron chi connectivity index (χ2n) is 6.31. The number of nitrogens with one attached hydrogen (secondary N) is 1. The minimum Gasteiger partial charge on any atom is -0.395 e. The van der Waals surface area contributed by atoms with Gasteiger partial charge in [-0.1, -0.05) is 32.0 Å². The average molecular weight is 316 g/mol. The Morgan fingerprint density at radius 2 is 1.78 bits per heavy atom. The fourth-order valence-electron chi connectivity index (χ4n) is 2.70. The van der Waals surface area contributed by atoms with E-state index in [4.69, 9.17) is 0 Å². The second kappa shape index (κ2) is 7.66. The van der Waals surface area contributed by atoms with E-state index < -0.39 is 0 Å². The van der Waals surface area contributed by atoms with Crippen LogP contribution in [0.1, 0.15) is 30.7 Å². The Hall–Kier alpha value is -1.78. The molecule has 2 aromatic rings. The van der Waals surface area contributed by atoms with Gasteiger partial charge in [0.05, 0.1) is 18.0 Å². The number of aliphatic hydroxyl groups excluding tert-OH is 1. The van der Waals surface area contributed by atoms with Crippen LogP contribution in [0.4, 0.5) is 4.39 Å². The maximum atomic E-state index is 14.1. The first-order valence-corrected chi connectivity index (χ1v) is 8.00. The molecule has 0 spiro atoms. The summed E-state index contributed by atoms with van der Waals surface area (Å²) in [5, 5.41) is 12.6. The lowest BCUT2D eigenvalue weighted by Gasteiger charge is -2.20. The van der Waals surface area contributed by atoms with E-state index in [1.165, 1.54) is 6.07 Å². The van der Waals surface area contributed by atoms with Crippen LogP contribution >= 0.6 is 0 Å². The summed E-state index contributed by atoms with van der Waals surface area (Å²) in [6.07, 6.45) is 0. The van der Waals surface area contributed by atoms with Crippen molar-refractivity contribution in [3.63, 3.8) is 0 Å². The molecule has 1 aromatic heterocycles. The van der Waals surface area contributed by atoms with Crippen molar-refractivity contribution in [1.29, 1.82) is 0 Å². The van der Waals surface area contributed by atoms with Crippen LogP contribution in [-0.2, 0) is 6.54 Å². The molecule has 2 N–H and O–H groups in total. The summed E-state index contributed by atoms with van der Waals surface area (Å²) in [6.45, 7) is 8.43. The third-order valence-corrected chi connectivity index (χ3v) is 4.19. The van der Waals surface area contributed by atoms with Gasteiger partial charge in [-0.3, -0.25) is 0 Å². The molecule has 1 heterocycles. The quantitative estimate of drug-likeness (QED) is 0.856. The van der Waals surface area contributed by atoms with E-state index in [9.17, 15) is 9.50 Å². The summed E-state index contributed by atoms with van der Waals surface area (Å²) in [5.41, 5.74) is 4.46. The van der Waals surface area contributed by atoms with Crippen molar-refractivity contribution in [2.75, 3.05) is 6.61 Å². The Kier molecular flexibility index (Phi) is 5.85. The number of aliphatic hydroxyl groups is 1. The van der Waals surface area contributed by atoms with Gasteiger partial charge >= 0.3 is 0 Å². The largest absolute Gasteiger partial charge is 0.395 e. The van der Waals surface area contributed by atoms with Gasteiger partial charge in [0, 0.05) is 18.2 Å². The molecule has 3 nitrogen and oxygen atoms in total. The normalized spacial score (nSPS) is 12.7. The molecular formula is C19H25FN2O. The Bertz CT molecular complexity index is 650. The molecule has 0 saturated heterocycles. The molecule has 1 atom stereocenters. The molecule has 124 valence electrons. The Labute approximate surface area is 137 Å². The van der Waals surface area contributed by atoms with Crippen LogP contribution in [0.25, 0.3) is 11.3 Å². The molecular weight excluding hydrogens is 291 g/mol. The van der Waals surface area contributed by atoms with Gasteiger partial charge in [0.15, 0.2) is 0 Å². The number of pyridine rings is 1. The summed E-state index contributed by atoms with van der Waals surface area (Å²) in [7, 11) is 0. The summed E-state index contributed by atoms with van der Waals surface area (Å²) in [4.78, 5) is 4.51. The lowest BCUT2D eigenvalue weighted by atomic mass is 9.99. The summed E-state index contributed by atoms with van der Waals surface area (Å²) in [6, 6.07) is 9.20. The lowest BCUT2D eigenvalue weighted by Crippen LogP contribution is -2.37. The van der Waals surface area contributed by atoms with Crippen LogP contribution in [0.15, 0.2) is 30.3 Å². The van der Waals surface area contributed by atoms with Gasteiger partial charge < -0.3 is 10.4 Å². The molecule has 4 heteroatoms. The zero-order valence-corrected chi connectivity index (χ0v) is 14.2.